The summed E-state index contributed by atoms with van der Waals surface area (Å²) in [4.78, 5) is 4.59. The van der Waals surface area contributed by atoms with E-state index in [-0.39, 0.29) is 5.82 Å². The molecule has 1 N–H and O–H groups in total. The standard InChI is InChI=1S/C18H17FN6/c1-2-24-12-13(11-22-24)10-20-18-9-16(14-3-5-15(19)6-4-14)23-17-7-8-21-25(17)18/h3-9,11-12,20H,2,10H2,1H3. The van der Waals surface area contributed by atoms with Crippen LogP contribution in [-0.4, -0.2) is 24.4 Å². The zero-order chi connectivity index (χ0) is 17.2. The molecule has 0 bridgehead atoms. The third kappa shape index (κ3) is 3.08. The minimum Gasteiger partial charge on any atom is -0.366 e. The molecule has 0 amide bonds. The molecule has 126 valence electrons. The Labute approximate surface area is 143 Å². The van der Waals surface area contributed by atoms with E-state index in [1.807, 2.05) is 29.2 Å². The van der Waals surface area contributed by atoms with E-state index in [4.69, 9.17) is 0 Å². The first-order chi connectivity index (χ1) is 12.2. The lowest BCUT2D eigenvalue weighted by Gasteiger charge is -2.10. The van der Waals surface area contributed by atoms with Gasteiger partial charge in [-0.15, -0.1) is 0 Å². The van der Waals surface area contributed by atoms with Crippen LogP contribution in [0.25, 0.3) is 16.9 Å². The second-order valence-electron chi connectivity index (χ2n) is 5.69. The Balaban J connectivity index is 1.67. The molecule has 3 heterocycles. The van der Waals surface area contributed by atoms with Gasteiger partial charge in [0.2, 0.25) is 0 Å². The molecule has 1 aromatic carbocycles. The van der Waals surface area contributed by atoms with Gasteiger partial charge in [-0.05, 0) is 31.2 Å². The van der Waals surface area contributed by atoms with Crippen molar-refractivity contribution >= 4 is 11.5 Å². The molecule has 0 aliphatic rings. The predicted octanol–water partition coefficient (Wildman–Crippen LogP) is 3.36. The van der Waals surface area contributed by atoms with Gasteiger partial charge in [0.25, 0.3) is 0 Å². The fraction of sp³-hybridized carbons (Fsp3) is 0.167. The van der Waals surface area contributed by atoms with E-state index in [0.717, 1.165) is 34.8 Å². The number of nitrogens with one attached hydrogen (secondary N) is 1. The zero-order valence-electron chi connectivity index (χ0n) is 13.7. The second kappa shape index (κ2) is 6.35. The number of benzene rings is 1. The Morgan fingerprint density at radius 3 is 2.72 bits per heavy atom. The van der Waals surface area contributed by atoms with Gasteiger partial charge in [0.05, 0.1) is 18.1 Å². The van der Waals surface area contributed by atoms with Crippen LogP contribution in [0.3, 0.4) is 0 Å². The summed E-state index contributed by atoms with van der Waals surface area (Å²) in [5.41, 5.74) is 3.43. The van der Waals surface area contributed by atoms with E-state index in [2.05, 4.69) is 27.4 Å². The summed E-state index contributed by atoms with van der Waals surface area (Å²) in [5.74, 6) is 0.555. The molecule has 4 rings (SSSR count). The van der Waals surface area contributed by atoms with Crippen molar-refractivity contribution in [1.29, 1.82) is 0 Å². The molecule has 6 nitrogen and oxygen atoms in total. The van der Waals surface area contributed by atoms with Gasteiger partial charge in [0.15, 0.2) is 5.65 Å². The third-order valence-corrected chi connectivity index (χ3v) is 3.98. The molecule has 0 unspecified atom stereocenters. The molecule has 0 spiro atoms. The Hall–Kier alpha value is -3.22. The van der Waals surface area contributed by atoms with Gasteiger partial charge in [-0.1, -0.05) is 0 Å². The van der Waals surface area contributed by atoms with Crippen LogP contribution in [0.5, 0.6) is 0 Å². The molecular formula is C18H17FN6. The van der Waals surface area contributed by atoms with Gasteiger partial charge in [-0.2, -0.15) is 14.7 Å². The van der Waals surface area contributed by atoms with Gasteiger partial charge in [0, 0.05) is 42.5 Å². The molecule has 25 heavy (non-hydrogen) atoms. The lowest BCUT2D eigenvalue weighted by atomic mass is 10.1. The Morgan fingerprint density at radius 1 is 1.12 bits per heavy atom. The van der Waals surface area contributed by atoms with E-state index >= 15 is 0 Å². The van der Waals surface area contributed by atoms with Gasteiger partial charge >= 0.3 is 0 Å². The second-order valence-corrected chi connectivity index (χ2v) is 5.69. The molecule has 4 aromatic rings. The quantitative estimate of drug-likeness (QED) is 0.607. The maximum Gasteiger partial charge on any atom is 0.157 e. The number of hydrogen-bond acceptors (Lipinski definition) is 4. The molecule has 0 saturated heterocycles. The Bertz CT molecular complexity index is 1000. The zero-order valence-corrected chi connectivity index (χ0v) is 13.7. The summed E-state index contributed by atoms with van der Waals surface area (Å²) in [6.07, 6.45) is 5.56. The minimum atomic E-state index is -0.263. The predicted molar refractivity (Wildman–Crippen MR) is 93.6 cm³/mol. The Kier molecular flexibility index (Phi) is 3.89. The highest BCUT2D eigenvalue weighted by Gasteiger charge is 2.09. The van der Waals surface area contributed by atoms with Crippen molar-refractivity contribution in [3.8, 4) is 11.3 Å². The van der Waals surface area contributed by atoms with Crippen molar-refractivity contribution < 1.29 is 4.39 Å². The van der Waals surface area contributed by atoms with Gasteiger partial charge in [-0.25, -0.2) is 9.37 Å². The number of hydrogen-bond donors (Lipinski definition) is 1. The highest BCUT2D eigenvalue weighted by molar-refractivity contribution is 5.66. The minimum absolute atomic E-state index is 0.263. The molecule has 0 aliphatic carbocycles. The smallest absolute Gasteiger partial charge is 0.157 e. The summed E-state index contributed by atoms with van der Waals surface area (Å²) in [6, 6.07) is 10.1. The third-order valence-electron chi connectivity index (χ3n) is 3.98. The lowest BCUT2D eigenvalue weighted by molar-refractivity contribution is 0.628. The van der Waals surface area contributed by atoms with E-state index in [1.54, 1.807) is 22.8 Å². The summed E-state index contributed by atoms with van der Waals surface area (Å²) >= 11 is 0. The highest BCUT2D eigenvalue weighted by atomic mass is 19.1. The largest absolute Gasteiger partial charge is 0.366 e. The summed E-state index contributed by atoms with van der Waals surface area (Å²) < 4.78 is 16.8. The normalized spacial score (nSPS) is 11.1. The average Bonchev–Trinajstić information content (AvgIpc) is 3.29. The molecule has 0 atom stereocenters. The van der Waals surface area contributed by atoms with Gasteiger partial charge < -0.3 is 5.32 Å². The van der Waals surface area contributed by atoms with Crippen LogP contribution in [-0.2, 0) is 13.1 Å². The van der Waals surface area contributed by atoms with Crippen molar-refractivity contribution in [1.82, 2.24) is 24.4 Å². The van der Waals surface area contributed by atoms with Crippen molar-refractivity contribution in [3.63, 3.8) is 0 Å². The monoisotopic (exact) mass is 336 g/mol. The van der Waals surface area contributed by atoms with Crippen molar-refractivity contribution in [2.75, 3.05) is 5.32 Å². The first-order valence-corrected chi connectivity index (χ1v) is 8.09. The number of aromatic nitrogens is 5. The number of rotatable bonds is 5. The fourth-order valence-electron chi connectivity index (χ4n) is 2.67. The molecule has 0 radical (unpaired) electrons. The van der Waals surface area contributed by atoms with Crippen LogP contribution in [0.1, 0.15) is 12.5 Å². The Morgan fingerprint density at radius 2 is 1.96 bits per heavy atom. The molecule has 0 aliphatic heterocycles. The average molecular weight is 336 g/mol. The maximum atomic E-state index is 13.2. The summed E-state index contributed by atoms with van der Waals surface area (Å²) in [6.45, 7) is 3.52. The van der Waals surface area contributed by atoms with E-state index in [0.29, 0.717) is 6.54 Å². The molecule has 0 fully saturated rings. The highest BCUT2D eigenvalue weighted by Crippen LogP contribution is 2.22. The van der Waals surface area contributed by atoms with Crippen LogP contribution in [0, 0.1) is 5.82 Å². The molecular weight excluding hydrogens is 319 g/mol. The number of halogens is 1. The first-order valence-electron chi connectivity index (χ1n) is 8.09. The number of nitrogens with zero attached hydrogens (tertiary/aromatic N) is 5. The molecule has 7 heteroatoms. The van der Waals surface area contributed by atoms with Gasteiger partial charge in [-0.3, -0.25) is 4.68 Å². The molecule has 0 saturated carbocycles. The summed E-state index contributed by atoms with van der Waals surface area (Å²) in [7, 11) is 0. The lowest BCUT2D eigenvalue weighted by Crippen LogP contribution is -2.06. The number of anilines is 1. The van der Waals surface area contributed by atoms with Crippen molar-refractivity contribution in [3.05, 3.63) is 66.4 Å². The van der Waals surface area contributed by atoms with Gasteiger partial charge in [0.1, 0.15) is 11.6 Å². The number of aryl methyl sites for hydroxylation is 1. The van der Waals surface area contributed by atoms with E-state index in [9.17, 15) is 4.39 Å². The topological polar surface area (TPSA) is 60.0 Å². The number of fused-ring (bicyclic) bond motifs is 1. The van der Waals surface area contributed by atoms with Crippen LogP contribution in [0.2, 0.25) is 0 Å². The summed E-state index contributed by atoms with van der Waals surface area (Å²) in [5, 5.41) is 12.0. The maximum absolute atomic E-state index is 13.2. The first kappa shape index (κ1) is 15.3. The van der Waals surface area contributed by atoms with Crippen LogP contribution < -0.4 is 5.32 Å². The molecule has 3 aromatic heterocycles. The van der Waals surface area contributed by atoms with Crippen LogP contribution in [0.15, 0.2) is 55.0 Å². The van der Waals surface area contributed by atoms with Crippen LogP contribution >= 0.6 is 0 Å². The SMILES string of the molecule is CCn1cc(CNc2cc(-c3ccc(F)cc3)nc3ccnn23)cn1. The fourth-order valence-corrected chi connectivity index (χ4v) is 2.67. The van der Waals surface area contributed by atoms with E-state index < -0.39 is 0 Å². The van der Waals surface area contributed by atoms with Crippen molar-refractivity contribution in [2.45, 2.75) is 20.0 Å². The van der Waals surface area contributed by atoms with Crippen molar-refractivity contribution in [2.24, 2.45) is 0 Å². The van der Waals surface area contributed by atoms with E-state index in [1.165, 1.54) is 12.1 Å². The van der Waals surface area contributed by atoms with Crippen LogP contribution in [0.4, 0.5) is 10.2 Å².